The molecule has 4 aromatic rings. The summed E-state index contributed by atoms with van der Waals surface area (Å²) in [5.74, 6) is -1.62. The van der Waals surface area contributed by atoms with Crippen LogP contribution in [-0.4, -0.2) is 40.1 Å². The van der Waals surface area contributed by atoms with E-state index in [2.05, 4.69) is 65.6 Å². The van der Waals surface area contributed by atoms with Crippen molar-refractivity contribution < 1.29 is 24.5 Å². The van der Waals surface area contributed by atoms with E-state index in [0.717, 1.165) is 61.8 Å². The Bertz CT molecular complexity index is 1500. The predicted octanol–water partition coefficient (Wildman–Crippen LogP) is 7.97. The highest BCUT2D eigenvalue weighted by atomic mass is 16.5. The van der Waals surface area contributed by atoms with Crippen LogP contribution in [0.15, 0.2) is 109 Å². The number of benzene rings is 4. The van der Waals surface area contributed by atoms with Crippen molar-refractivity contribution >= 4 is 11.9 Å². The second-order valence-electron chi connectivity index (χ2n) is 12.3. The molecular weight excluding hydrogens is 562 g/mol. The van der Waals surface area contributed by atoms with E-state index in [1.807, 2.05) is 36.4 Å². The summed E-state index contributed by atoms with van der Waals surface area (Å²) in [6, 6.07) is 36.4. The van der Waals surface area contributed by atoms with Crippen LogP contribution in [0.2, 0.25) is 0 Å². The number of hydrogen-bond donors (Lipinski definition) is 2. The van der Waals surface area contributed by atoms with Crippen molar-refractivity contribution in [2.24, 2.45) is 5.41 Å². The van der Waals surface area contributed by atoms with Gasteiger partial charge in [-0.1, -0.05) is 103 Å². The summed E-state index contributed by atoms with van der Waals surface area (Å²) in [6.45, 7) is 2.43. The first-order chi connectivity index (χ1) is 21.9. The molecule has 6 heteroatoms. The molecule has 4 aromatic carbocycles. The molecule has 0 bridgehead atoms. The third-order valence-corrected chi connectivity index (χ3v) is 9.12. The largest absolute Gasteiger partial charge is 0.481 e. The molecule has 5 rings (SSSR count). The Morgan fingerprint density at radius 3 is 1.89 bits per heavy atom. The molecule has 1 aliphatic carbocycles. The first-order valence-corrected chi connectivity index (χ1v) is 16.0. The average Bonchev–Trinajstić information content (AvgIpc) is 3.04. The van der Waals surface area contributed by atoms with Crippen LogP contribution in [0.25, 0.3) is 0 Å². The second-order valence-corrected chi connectivity index (χ2v) is 12.3. The van der Waals surface area contributed by atoms with Gasteiger partial charge in [0.05, 0.1) is 23.7 Å². The van der Waals surface area contributed by atoms with E-state index in [4.69, 9.17) is 4.74 Å². The Labute approximate surface area is 266 Å². The van der Waals surface area contributed by atoms with Crippen LogP contribution in [0, 0.1) is 5.41 Å². The number of carbonyl (C=O) groups is 2. The van der Waals surface area contributed by atoms with Crippen molar-refractivity contribution in [1.82, 2.24) is 4.90 Å². The lowest BCUT2D eigenvalue weighted by Crippen LogP contribution is -2.39. The number of nitrogens with zero attached hydrogens (tertiary/aromatic N) is 1. The third kappa shape index (κ3) is 9.13. The summed E-state index contributed by atoms with van der Waals surface area (Å²) >= 11 is 0. The Hall–Kier alpha value is -4.26. The van der Waals surface area contributed by atoms with Gasteiger partial charge in [0.2, 0.25) is 0 Å². The summed E-state index contributed by atoms with van der Waals surface area (Å²) < 4.78 is 6.61. The van der Waals surface area contributed by atoms with Crippen molar-refractivity contribution in [1.29, 1.82) is 0 Å². The van der Waals surface area contributed by atoms with Gasteiger partial charge in [-0.05, 0) is 85.0 Å². The van der Waals surface area contributed by atoms with E-state index < -0.39 is 17.4 Å². The van der Waals surface area contributed by atoms with Crippen molar-refractivity contribution in [2.45, 2.75) is 64.2 Å². The predicted molar refractivity (Wildman–Crippen MR) is 176 cm³/mol. The lowest BCUT2D eigenvalue weighted by molar-refractivity contribution is -0.155. The van der Waals surface area contributed by atoms with E-state index in [-0.39, 0.29) is 11.7 Å². The highest BCUT2D eigenvalue weighted by Gasteiger charge is 2.43. The minimum Gasteiger partial charge on any atom is -0.481 e. The lowest BCUT2D eigenvalue weighted by atomic mass is 9.66. The highest BCUT2D eigenvalue weighted by Crippen LogP contribution is 2.45. The van der Waals surface area contributed by atoms with Crippen LogP contribution in [0.1, 0.15) is 76.4 Å². The maximum atomic E-state index is 12.0. The Morgan fingerprint density at radius 2 is 1.31 bits per heavy atom. The highest BCUT2D eigenvalue weighted by molar-refractivity contribution is 5.87. The molecule has 1 aliphatic rings. The fourth-order valence-corrected chi connectivity index (χ4v) is 6.15. The average molecular weight is 606 g/mol. The van der Waals surface area contributed by atoms with E-state index >= 15 is 0 Å². The van der Waals surface area contributed by atoms with Crippen molar-refractivity contribution in [2.75, 3.05) is 13.1 Å². The molecule has 1 unspecified atom stereocenters. The molecular formula is C39H43NO5. The second kappa shape index (κ2) is 15.6. The number of carboxylic acid groups (broad SMARTS) is 2. The number of hydrogen-bond acceptors (Lipinski definition) is 4. The third-order valence-electron chi connectivity index (χ3n) is 9.12. The van der Waals surface area contributed by atoms with E-state index in [0.29, 0.717) is 26.1 Å². The summed E-state index contributed by atoms with van der Waals surface area (Å²) in [5, 5.41) is 19.2. The maximum absolute atomic E-state index is 12.0. The molecule has 0 aliphatic heterocycles. The van der Waals surface area contributed by atoms with Gasteiger partial charge >= 0.3 is 11.9 Å². The normalized spacial score (nSPS) is 14.5. The van der Waals surface area contributed by atoms with Gasteiger partial charge < -0.3 is 14.9 Å². The first kappa shape index (κ1) is 32.1. The van der Waals surface area contributed by atoms with Crippen molar-refractivity contribution in [3.63, 3.8) is 0 Å². The van der Waals surface area contributed by atoms with Crippen LogP contribution < -0.4 is 0 Å². The van der Waals surface area contributed by atoms with Gasteiger partial charge in [0, 0.05) is 13.1 Å². The van der Waals surface area contributed by atoms with E-state index in [1.54, 1.807) is 12.1 Å². The van der Waals surface area contributed by atoms with Crippen molar-refractivity contribution in [3.05, 3.63) is 143 Å². The summed E-state index contributed by atoms with van der Waals surface area (Å²) in [7, 11) is 0. The zero-order valence-electron chi connectivity index (χ0n) is 25.8. The quantitative estimate of drug-likeness (QED) is 0.127. The van der Waals surface area contributed by atoms with E-state index in [1.165, 1.54) is 11.1 Å². The van der Waals surface area contributed by atoms with Crippen LogP contribution >= 0.6 is 0 Å². The minimum atomic E-state index is -0.945. The van der Waals surface area contributed by atoms with Gasteiger partial charge in [-0.3, -0.25) is 9.69 Å². The molecule has 0 amide bonds. The molecule has 1 atom stereocenters. The van der Waals surface area contributed by atoms with Gasteiger partial charge in [0.25, 0.3) is 0 Å². The molecule has 0 radical (unpaired) electrons. The SMILES string of the molecule is O=C(O)c1ccc(CN(CCCC2(C(=O)O)CCC2)CC(OCc2ccc(CCc3ccccc3)cc2)c2ccccc2)cc1. The van der Waals surface area contributed by atoms with Crippen LogP contribution in [0.3, 0.4) is 0 Å². The van der Waals surface area contributed by atoms with Gasteiger partial charge in [-0.15, -0.1) is 0 Å². The van der Waals surface area contributed by atoms with Gasteiger partial charge in [-0.25, -0.2) is 4.79 Å². The van der Waals surface area contributed by atoms with Gasteiger partial charge in [0.15, 0.2) is 0 Å². The number of rotatable bonds is 17. The Kier molecular flexibility index (Phi) is 11.2. The Morgan fingerprint density at radius 1 is 0.733 bits per heavy atom. The molecule has 0 saturated heterocycles. The Balaban J connectivity index is 1.26. The maximum Gasteiger partial charge on any atom is 0.335 e. The molecule has 1 saturated carbocycles. The minimum absolute atomic E-state index is 0.195. The topological polar surface area (TPSA) is 87.1 Å². The molecule has 234 valence electrons. The molecule has 0 spiro atoms. The fourth-order valence-electron chi connectivity index (χ4n) is 6.15. The van der Waals surface area contributed by atoms with Crippen molar-refractivity contribution in [3.8, 4) is 0 Å². The van der Waals surface area contributed by atoms with Gasteiger partial charge in [-0.2, -0.15) is 0 Å². The molecule has 6 nitrogen and oxygen atoms in total. The summed E-state index contributed by atoms with van der Waals surface area (Å²) in [4.78, 5) is 25.7. The smallest absolute Gasteiger partial charge is 0.335 e. The van der Waals surface area contributed by atoms with Crippen LogP contribution in [-0.2, 0) is 35.5 Å². The molecule has 0 heterocycles. The lowest BCUT2D eigenvalue weighted by Gasteiger charge is -2.38. The standard InChI is InChI=1S/C39H43NO5/c41-37(42)35-21-19-32(20-22-35)27-40(26-8-25-39(38(43)44)23-7-24-39)28-36(34-11-5-2-6-12-34)45-29-33-17-15-31(16-18-33)14-13-30-9-3-1-4-10-30/h1-6,9-12,15-22,36H,7-8,13-14,23-29H2,(H,41,42)(H,43,44). The zero-order chi connectivity index (χ0) is 31.5. The fraction of sp³-hybridized carbons (Fsp3) is 0.333. The molecule has 0 aromatic heterocycles. The molecule has 1 fully saturated rings. The number of aromatic carboxylic acids is 1. The molecule has 45 heavy (non-hydrogen) atoms. The zero-order valence-corrected chi connectivity index (χ0v) is 25.8. The summed E-state index contributed by atoms with van der Waals surface area (Å²) in [5.41, 5.74) is 5.52. The van der Waals surface area contributed by atoms with Gasteiger partial charge in [0.1, 0.15) is 0 Å². The van der Waals surface area contributed by atoms with Crippen LogP contribution in [0.5, 0.6) is 0 Å². The summed E-state index contributed by atoms with van der Waals surface area (Å²) in [6.07, 6.45) is 5.71. The number of carboxylic acids is 2. The monoisotopic (exact) mass is 605 g/mol. The van der Waals surface area contributed by atoms with E-state index in [9.17, 15) is 19.8 Å². The number of aliphatic carboxylic acids is 1. The molecule has 2 N–H and O–H groups in total. The van der Waals surface area contributed by atoms with Crippen LogP contribution in [0.4, 0.5) is 0 Å². The number of ether oxygens (including phenoxy) is 1. The number of aryl methyl sites for hydroxylation is 2. The first-order valence-electron chi connectivity index (χ1n) is 16.0.